The zero-order valence-electron chi connectivity index (χ0n) is 8.74. The molecule has 0 amide bonds. The molecule has 15 heavy (non-hydrogen) atoms. The third kappa shape index (κ3) is 2.09. The molecular formula is C11H12BrN3. The molecule has 2 rings (SSSR count). The summed E-state index contributed by atoms with van der Waals surface area (Å²) in [5.41, 5.74) is 4.29. The number of aryl methyl sites for hydroxylation is 2. The van der Waals surface area contributed by atoms with Crippen molar-refractivity contribution in [2.24, 2.45) is 0 Å². The highest BCUT2D eigenvalue weighted by atomic mass is 79.9. The van der Waals surface area contributed by atoms with Gasteiger partial charge in [0.25, 0.3) is 0 Å². The Morgan fingerprint density at radius 1 is 1.33 bits per heavy atom. The number of hydrogen-bond donors (Lipinski definition) is 0. The molecule has 0 saturated carbocycles. The number of hydrogen-bond acceptors (Lipinski definition) is 2. The van der Waals surface area contributed by atoms with E-state index in [9.17, 15) is 0 Å². The average molecular weight is 266 g/mol. The number of alkyl halides is 1. The van der Waals surface area contributed by atoms with Crippen LogP contribution in [0.2, 0.25) is 0 Å². The standard InChI is InChI=1S/C11H12BrN3/c1-8-3-11(9(2)13-5-8)15-6-10(4-12)14-7-15/h3,5-7H,4H2,1-2H3. The number of imidazole rings is 1. The average Bonchev–Trinajstić information content (AvgIpc) is 2.70. The zero-order valence-corrected chi connectivity index (χ0v) is 10.3. The van der Waals surface area contributed by atoms with E-state index >= 15 is 0 Å². The van der Waals surface area contributed by atoms with Crippen molar-refractivity contribution in [2.75, 3.05) is 0 Å². The van der Waals surface area contributed by atoms with Gasteiger partial charge in [-0.3, -0.25) is 4.98 Å². The quantitative estimate of drug-likeness (QED) is 0.782. The van der Waals surface area contributed by atoms with Crippen LogP contribution in [-0.4, -0.2) is 14.5 Å². The molecule has 2 aromatic rings. The Morgan fingerprint density at radius 2 is 2.13 bits per heavy atom. The minimum atomic E-state index is 0.776. The van der Waals surface area contributed by atoms with Gasteiger partial charge in [-0.25, -0.2) is 4.98 Å². The molecule has 3 nitrogen and oxygen atoms in total. The SMILES string of the molecule is Cc1cnc(C)c(-n2cnc(CBr)c2)c1. The number of nitrogens with zero attached hydrogens (tertiary/aromatic N) is 3. The van der Waals surface area contributed by atoms with E-state index in [1.165, 1.54) is 0 Å². The molecule has 0 aliphatic rings. The molecule has 0 aliphatic heterocycles. The summed E-state index contributed by atoms with van der Waals surface area (Å²) in [6.45, 7) is 4.04. The van der Waals surface area contributed by atoms with Crippen LogP contribution in [0.3, 0.4) is 0 Å². The summed E-state index contributed by atoms with van der Waals surface area (Å²) in [4.78, 5) is 8.60. The second kappa shape index (κ2) is 4.14. The van der Waals surface area contributed by atoms with Crippen molar-refractivity contribution in [1.82, 2.24) is 14.5 Å². The Balaban J connectivity index is 2.48. The molecule has 0 aromatic carbocycles. The molecule has 0 fully saturated rings. The van der Waals surface area contributed by atoms with Crippen molar-refractivity contribution in [3.05, 3.63) is 41.7 Å². The van der Waals surface area contributed by atoms with E-state index < -0.39 is 0 Å². The summed E-state index contributed by atoms with van der Waals surface area (Å²) in [5, 5.41) is 0.776. The fourth-order valence-electron chi connectivity index (χ4n) is 1.45. The Hall–Kier alpha value is -1.16. The van der Waals surface area contributed by atoms with E-state index in [0.717, 1.165) is 28.0 Å². The van der Waals surface area contributed by atoms with Gasteiger partial charge < -0.3 is 4.57 Å². The molecule has 0 unspecified atom stereocenters. The zero-order chi connectivity index (χ0) is 10.8. The summed E-state index contributed by atoms with van der Waals surface area (Å²) in [7, 11) is 0. The Kier molecular flexibility index (Phi) is 2.86. The lowest BCUT2D eigenvalue weighted by atomic mass is 10.2. The van der Waals surface area contributed by atoms with Gasteiger partial charge in [-0.05, 0) is 25.5 Å². The third-order valence-corrected chi connectivity index (χ3v) is 2.82. The molecule has 0 aliphatic carbocycles. The highest BCUT2D eigenvalue weighted by Crippen LogP contribution is 2.14. The smallest absolute Gasteiger partial charge is 0.0996 e. The molecule has 0 atom stereocenters. The maximum Gasteiger partial charge on any atom is 0.0996 e. The van der Waals surface area contributed by atoms with E-state index in [1.54, 1.807) is 0 Å². The summed E-state index contributed by atoms with van der Waals surface area (Å²) in [5.74, 6) is 0. The Labute approximate surface area is 97.3 Å². The molecule has 0 radical (unpaired) electrons. The predicted molar refractivity (Wildman–Crippen MR) is 63.5 cm³/mol. The minimum Gasteiger partial charge on any atom is -0.304 e. The van der Waals surface area contributed by atoms with Crippen LogP contribution in [0.25, 0.3) is 5.69 Å². The van der Waals surface area contributed by atoms with Crippen LogP contribution in [0, 0.1) is 13.8 Å². The van der Waals surface area contributed by atoms with E-state index in [4.69, 9.17) is 0 Å². The van der Waals surface area contributed by atoms with Gasteiger partial charge in [-0.1, -0.05) is 15.9 Å². The molecule has 0 bridgehead atoms. The van der Waals surface area contributed by atoms with Crippen LogP contribution >= 0.6 is 15.9 Å². The fraction of sp³-hybridized carbons (Fsp3) is 0.273. The van der Waals surface area contributed by atoms with Gasteiger partial charge in [0, 0.05) is 17.7 Å². The first-order chi connectivity index (χ1) is 7.20. The first-order valence-electron chi connectivity index (χ1n) is 4.73. The highest BCUT2D eigenvalue weighted by Gasteiger charge is 2.03. The van der Waals surface area contributed by atoms with Crippen molar-refractivity contribution < 1.29 is 0 Å². The molecule has 0 spiro atoms. The van der Waals surface area contributed by atoms with Crippen molar-refractivity contribution >= 4 is 15.9 Å². The summed E-state index contributed by atoms with van der Waals surface area (Å²) >= 11 is 3.38. The normalized spacial score (nSPS) is 10.6. The highest BCUT2D eigenvalue weighted by molar-refractivity contribution is 9.08. The maximum absolute atomic E-state index is 4.33. The number of halogens is 1. The molecule has 4 heteroatoms. The number of aromatic nitrogens is 3. The monoisotopic (exact) mass is 265 g/mol. The number of rotatable bonds is 2. The van der Waals surface area contributed by atoms with E-state index in [2.05, 4.69) is 32.0 Å². The van der Waals surface area contributed by atoms with Crippen LogP contribution in [0.4, 0.5) is 0 Å². The second-order valence-corrected chi connectivity index (χ2v) is 4.08. The summed E-state index contributed by atoms with van der Waals surface area (Å²) in [6.07, 6.45) is 5.71. The lowest BCUT2D eigenvalue weighted by molar-refractivity contribution is 0.999. The first-order valence-corrected chi connectivity index (χ1v) is 5.85. The lowest BCUT2D eigenvalue weighted by Crippen LogP contribution is -1.97. The molecule has 0 saturated heterocycles. The molecule has 2 heterocycles. The van der Waals surface area contributed by atoms with Crippen molar-refractivity contribution in [2.45, 2.75) is 19.2 Å². The molecular weight excluding hydrogens is 254 g/mol. The minimum absolute atomic E-state index is 0.776. The molecule has 2 aromatic heterocycles. The van der Waals surface area contributed by atoms with E-state index in [-0.39, 0.29) is 0 Å². The van der Waals surface area contributed by atoms with Gasteiger partial charge in [0.05, 0.1) is 23.4 Å². The largest absolute Gasteiger partial charge is 0.304 e. The molecule has 0 N–H and O–H groups in total. The molecule has 78 valence electrons. The van der Waals surface area contributed by atoms with Crippen LogP contribution in [-0.2, 0) is 5.33 Å². The van der Waals surface area contributed by atoms with Gasteiger partial charge in [-0.2, -0.15) is 0 Å². The van der Waals surface area contributed by atoms with Gasteiger partial charge in [0.1, 0.15) is 0 Å². The van der Waals surface area contributed by atoms with Crippen LogP contribution < -0.4 is 0 Å². The van der Waals surface area contributed by atoms with Crippen LogP contribution in [0.1, 0.15) is 17.0 Å². The van der Waals surface area contributed by atoms with Crippen LogP contribution in [0.5, 0.6) is 0 Å². The van der Waals surface area contributed by atoms with Gasteiger partial charge in [0.2, 0.25) is 0 Å². The number of pyridine rings is 1. The second-order valence-electron chi connectivity index (χ2n) is 3.52. The van der Waals surface area contributed by atoms with E-state index in [1.807, 2.05) is 37.1 Å². The van der Waals surface area contributed by atoms with Gasteiger partial charge in [0.15, 0.2) is 0 Å². The Bertz CT molecular complexity index is 476. The van der Waals surface area contributed by atoms with Crippen molar-refractivity contribution in [1.29, 1.82) is 0 Å². The van der Waals surface area contributed by atoms with E-state index in [0.29, 0.717) is 0 Å². The lowest BCUT2D eigenvalue weighted by Gasteiger charge is -2.06. The van der Waals surface area contributed by atoms with Gasteiger partial charge >= 0.3 is 0 Å². The Morgan fingerprint density at radius 3 is 2.80 bits per heavy atom. The van der Waals surface area contributed by atoms with Crippen molar-refractivity contribution in [3.63, 3.8) is 0 Å². The first kappa shape index (κ1) is 10.4. The third-order valence-electron chi connectivity index (χ3n) is 2.25. The van der Waals surface area contributed by atoms with Crippen LogP contribution in [0.15, 0.2) is 24.8 Å². The summed E-state index contributed by atoms with van der Waals surface area (Å²) in [6, 6.07) is 2.11. The predicted octanol–water partition coefficient (Wildman–Crippen LogP) is 2.78. The van der Waals surface area contributed by atoms with Gasteiger partial charge in [-0.15, -0.1) is 0 Å². The topological polar surface area (TPSA) is 30.7 Å². The maximum atomic E-state index is 4.33. The summed E-state index contributed by atoms with van der Waals surface area (Å²) < 4.78 is 2.01. The fourth-order valence-corrected chi connectivity index (χ4v) is 1.74. The van der Waals surface area contributed by atoms with Crippen molar-refractivity contribution in [3.8, 4) is 5.69 Å².